The minimum absolute atomic E-state index is 0.144. The number of nitrogens with zero attached hydrogens (tertiary/aromatic N) is 4. The van der Waals surface area contributed by atoms with Crippen LogP contribution in [0, 0.1) is 0 Å². The monoisotopic (exact) mass is 359 g/mol. The zero-order valence-corrected chi connectivity index (χ0v) is 15.2. The number of nitrogens with one attached hydrogen (secondary N) is 2. The van der Waals surface area contributed by atoms with Crippen molar-refractivity contribution in [1.82, 2.24) is 25.4 Å². The lowest BCUT2D eigenvalue weighted by molar-refractivity contribution is 0.0972. The molecule has 0 saturated heterocycles. The standard InChI is InChI=1S/C17H25N7O2/c1-3-14-22-15-8-5-11(10-24(15)23-14)21-17(19-4-2)20-9-12-6-7-13(26-12)16(18)25/h6-7,11H,3-5,8-10H2,1-2H3,(H2,18,25)(H2,19,20,21). The second-order valence-electron chi connectivity index (χ2n) is 6.19. The molecular weight excluding hydrogens is 334 g/mol. The fourth-order valence-corrected chi connectivity index (χ4v) is 2.89. The minimum atomic E-state index is -0.581. The van der Waals surface area contributed by atoms with Crippen molar-refractivity contribution in [1.29, 1.82) is 0 Å². The van der Waals surface area contributed by atoms with Crippen molar-refractivity contribution in [3.63, 3.8) is 0 Å². The molecule has 2 aromatic rings. The lowest BCUT2D eigenvalue weighted by Crippen LogP contribution is -2.47. The van der Waals surface area contributed by atoms with Gasteiger partial charge in [-0.15, -0.1) is 0 Å². The largest absolute Gasteiger partial charge is 0.454 e. The van der Waals surface area contributed by atoms with Crippen LogP contribution in [0.25, 0.3) is 0 Å². The molecule has 0 bridgehead atoms. The van der Waals surface area contributed by atoms with E-state index in [9.17, 15) is 4.79 Å². The molecule has 0 fully saturated rings. The van der Waals surface area contributed by atoms with Crippen LogP contribution in [0.4, 0.5) is 0 Å². The lowest BCUT2D eigenvalue weighted by atomic mass is 10.1. The summed E-state index contributed by atoms with van der Waals surface area (Å²) in [5.41, 5.74) is 5.20. The number of aromatic nitrogens is 3. The van der Waals surface area contributed by atoms with Crippen LogP contribution in [0.2, 0.25) is 0 Å². The number of guanidine groups is 1. The minimum Gasteiger partial charge on any atom is -0.454 e. The third-order valence-electron chi connectivity index (χ3n) is 4.20. The number of aliphatic imine (C=N–C) groups is 1. The van der Waals surface area contributed by atoms with Gasteiger partial charge in [-0.3, -0.25) is 4.79 Å². The van der Waals surface area contributed by atoms with E-state index in [0.717, 1.165) is 44.0 Å². The molecule has 1 unspecified atom stereocenters. The second-order valence-corrected chi connectivity index (χ2v) is 6.19. The number of aryl methyl sites for hydroxylation is 2. The van der Waals surface area contributed by atoms with Crippen LogP contribution in [-0.2, 0) is 25.9 Å². The van der Waals surface area contributed by atoms with Crippen molar-refractivity contribution in [3.05, 3.63) is 35.3 Å². The van der Waals surface area contributed by atoms with Crippen molar-refractivity contribution in [2.45, 2.75) is 52.2 Å². The molecule has 0 aromatic carbocycles. The number of hydrogen-bond acceptors (Lipinski definition) is 5. The van der Waals surface area contributed by atoms with Gasteiger partial charge in [0.15, 0.2) is 17.5 Å². The number of rotatable bonds is 6. The van der Waals surface area contributed by atoms with Crippen molar-refractivity contribution in [3.8, 4) is 0 Å². The maximum atomic E-state index is 11.1. The van der Waals surface area contributed by atoms with Crippen LogP contribution < -0.4 is 16.4 Å². The van der Waals surface area contributed by atoms with Gasteiger partial charge in [0, 0.05) is 25.4 Å². The summed E-state index contributed by atoms with van der Waals surface area (Å²) in [5, 5.41) is 11.2. The molecule has 1 aliphatic heterocycles. The third-order valence-corrected chi connectivity index (χ3v) is 4.20. The molecular formula is C17H25N7O2. The average molecular weight is 359 g/mol. The molecule has 26 heavy (non-hydrogen) atoms. The van der Waals surface area contributed by atoms with Gasteiger partial charge in [0.2, 0.25) is 0 Å². The van der Waals surface area contributed by atoms with Crippen molar-refractivity contribution >= 4 is 11.9 Å². The molecule has 4 N–H and O–H groups in total. The van der Waals surface area contributed by atoms with Crippen molar-refractivity contribution in [2.75, 3.05) is 6.54 Å². The molecule has 3 rings (SSSR count). The Morgan fingerprint density at radius 2 is 2.31 bits per heavy atom. The molecule has 3 heterocycles. The summed E-state index contributed by atoms with van der Waals surface area (Å²) >= 11 is 0. The SMILES string of the molecule is CCNC(=NCc1ccc(C(N)=O)o1)NC1CCc2nc(CC)nn2C1. The maximum Gasteiger partial charge on any atom is 0.284 e. The summed E-state index contributed by atoms with van der Waals surface area (Å²) in [6.07, 6.45) is 2.71. The van der Waals surface area contributed by atoms with E-state index in [1.165, 1.54) is 0 Å². The summed E-state index contributed by atoms with van der Waals surface area (Å²) in [6, 6.07) is 3.50. The Bertz CT molecular complexity index is 793. The van der Waals surface area contributed by atoms with Gasteiger partial charge < -0.3 is 20.8 Å². The quantitative estimate of drug-likeness (QED) is 0.513. The molecule has 0 spiro atoms. The Balaban J connectivity index is 1.63. The molecule has 0 aliphatic carbocycles. The van der Waals surface area contributed by atoms with E-state index in [-0.39, 0.29) is 11.8 Å². The second kappa shape index (κ2) is 8.03. The summed E-state index contributed by atoms with van der Waals surface area (Å²) in [5.74, 6) is 2.80. The van der Waals surface area contributed by atoms with Gasteiger partial charge in [-0.2, -0.15) is 5.10 Å². The Labute approximate surface area is 152 Å². The average Bonchev–Trinajstić information content (AvgIpc) is 3.26. The molecule has 1 amide bonds. The Morgan fingerprint density at radius 1 is 1.46 bits per heavy atom. The van der Waals surface area contributed by atoms with Gasteiger partial charge in [-0.05, 0) is 25.5 Å². The number of nitrogens with two attached hydrogens (primary N) is 1. The number of furan rings is 1. The first-order chi connectivity index (χ1) is 12.6. The van der Waals surface area contributed by atoms with Gasteiger partial charge >= 0.3 is 0 Å². The molecule has 1 atom stereocenters. The zero-order chi connectivity index (χ0) is 18.5. The highest BCUT2D eigenvalue weighted by Crippen LogP contribution is 2.13. The predicted octanol–water partition coefficient (Wildman–Crippen LogP) is 0.603. The van der Waals surface area contributed by atoms with Crippen LogP contribution >= 0.6 is 0 Å². The lowest BCUT2D eigenvalue weighted by Gasteiger charge is -2.25. The Kier molecular flexibility index (Phi) is 5.55. The molecule has 9 nitrogen and oxygen atoms in total. The fourth-order valence-electron chi connectivity index (χ4n) is 2.89. The van der Waals surface area contributed by atoms with Crippen LogP contribution in [0.3, 0.4) is 0 Å². The predicted molar refractivity (Wildman–Crippen MR) is 96.7 cm³/mol. The van der Waals surface area contributed by atoms with Gasteiger partial charge in [-0.25, -0.2) is 14.7 Å². The van der Waals surface area contributed by atoms with Gasteiger partial charge in [-0.1, -0.05) is 6.92 Å². The highest BCUT2D eigenvalue weighted by atomic mass is 16.3. The van der Waals surface area contributed by atoms with Crippen molar-refractivity contribution < 1.29 is 9.21 Å². The van der Waals surface area contributed by atoms with Gasteiger partial charge in [0.25, 0.3) is 5.91 Å². The van der Waals surface area contributed by atoms with E-state index in [4.69, 9.17) is 10.2 Å². The van der Waals surface area contributed by atoms with Crippen LogP contribution in [0.5, 0.6) is 0 Å². The molecule has 1 aliphatic rings. The number of carbonyl (C=O) groups is 1. The van der Waals surface area contributed by atoms with Crippen LogP contribution in [0.1, 0.15) is 48.2 Å². The molecule has 0 radical (unpaired) electrons. The number of carbonyl (C=O) groups excluding carboxylic acids is 1. The number of primary amides is 1. The molecule has 2 aromatic heterocycles. The van der Waals surface area contributed by atoms with Crippen LogP contribution in [-0.4, -0.2) is 39.2 Å². The highest BCUT2D eigenvalue weighted by molar-refractivity contribution is 5.89. The van der Waals surface area contributed by atoms with Crippen LogP contribution in [0.15, 0.2) is 21.5 Å². The maximum absolute atomic E-state index is 11.1. The van der Waals surface area contributed by atoms with Gasteiger partial charge in [0.05, 0.1) is 6.54 Å². The first-order valence-corrected chi connectivity index (χ1v) is 8.95. The Hall–Kier alpha value is -2.84. The number of hydrogen-bond donors (Lipinski definition) is 3. The van der Waals surface area contributed by atoms with E-state index in [1.54, 1.807) is 12.1 Å². The first kappa shape index (κ1) is 18.0. The number of fused-ring (bicyclic) bond motifs is 1. The van der Waals surface area contributed by atoms with E-state index < -0.39 is 5.91 Å². The summed E-state index contributed by atoms with van der Waals surface area (Å²) in [6.45, 7) is 5.91. The zero-order valence-electron chi connectivity index (χ0n) is 15.2. The summed E-state index contributed by atoms with van der Waals surface area (Å²) in [4.78, 5) is 20.2. The fraction of sp³-hybridized carbons (Fsp3) is 0.529. The third kappa shape index (κ3) is 4.22. The van der Waals surface area contributed by atoms with E-state index in [2.05, 4.69) is 32.6 Å². The van der Waals surface area contributed by atoms with E-state index in [0.29, 0.717) is 18.3 Å². The first-order valence-electron chi connectivity index (χ1n) is 8.95. The summed E-state index contributed by atoms with van der Waals surface area (Å²) < 4.78 is 7.35. The van der Waals surface area contributed by atoms with Gasteiger partial charge in [0.1, 0.15) is 18.1 Å². The summed E-state index contributed by atoms with van der Waals surface area (Å²) in [7, 11) is 0. The van der Waals surface area contributed by atoms with Crippen molar-refractivity contribution in [2.24, 2.45) is 10.7 Å². The Morgan fingerprint density at radius 3 is 3.00 bits per heavy atom. The van der Waals surface area contributed by atoms with E-state index >= 15 is 0 Å². The molecule has 140 valence electrons. The highest BCUT2D eigenvalue weighted by Gasteiger charge is 2.22. The number of amides is 1. The normalized spacial score (nSPS) is 17.0. The molecule has 9 heteroatoms. The molecule has 0 saturated carbocycles. The van der Waals surface area contributed by atoms with E-state index in [1.807, 2.05) is 11.6 Å². The smallest absolute Gasteiger partial charge is 0.284 e. The topological polar surface area (TPSA) is 123 Å².